The fourth-order valence-corrected chi connectivity index (χ4v) is 1.93. The van der Waals surface area contributed by atoms with Crippen molar-refractivity contribution >= 4 is 21.8 Å². The SMILES string of the molecule is O=C(c1cc(Br)c[nH]1)N(CCO)C1CC1. The molecule has 0 saturated heterocycles. The summed E-state index contributed by atoms with van der Waals surface area (Å²) in [5, 5.41) is 8.90. The van der Waals surface area contributed by atoms with Gasteiger partial charge in [-0.15, -0.1) is 0 Å². The second kappa shape index (κ2) is 4.37. The van der Waals surface area contributed by atoms with Crippen molar-refractivity contribution in [2.45, 2.75) is 18.9 Å². The molecule has 1 aliphatic rings. The Labute approximate surface area is 96.4 Å². The summed E-state index contributed by atoms with van der Waals surface area (Å²) in [4.78, 5) is 16.6. The smallest absolute Gasteiger partial charge is 0.270 e. The van der Waals surface area contributed by atoms with Crippen LogP contribution in [0.1, 0.15) is 23.3 Å². The standard InChI is InChI=1S/C10H13BrN2O2/c11-7-5-9(12-6-7)10(15)13(3-4-14)8-1-2-8/h5-6,8,12,14H,1-4H2. The predicted octanol–water partition coefficient (Wildman–Crippen LogP) is 1.37. The van der Waals surface area contributed by atoms with Crippen LogP contribution in [0, 0.1) is 0 Å². The van der Waals surface area contributed by atoms with Crippen LogP contribution in [0.5, 0.6) is 0 Å². The van der Waals surface area contributed by atoms with E-state index < -0.39 is 0 Å². The molecule has 4 nitrogen and oxygen atoms in total. The molecule has 2 N–H and O–H groups in total. The number of hydrogen-bond acceptors (Lipinski definition) is 2. The molecular weight excluding hydrogens is 260 g/mol. The van der Waals surface area contributed by atoms with E-state index in [1.54, 1.807) is 17.2 Å². The molecule has 1 heterocycles. The van der Waals surface area contributed by atoms with Gasteiger partial charge in [-0.2, -0.15) is 0 Å². The quantitative estimate of drug-likeness (QED) is 0.870. The molecule has 0 unspecified atom stereocenters. The van der Waals surface area contributed by atoms with E-state index >= 15 is 0 Å². The van der Waals surface area contributed by atoms with Gasteiger partial charge in [0.1, 0.15) is 5.69 Å². The molecule has 0 atom stereocenters. The van der Waals surface area contributed by atoms with Crippen molar-refractivity contribution in [3.63, 3.8) is 0 Å². The molecule has 0 aliphatic heterocycles. The summed E-state index contributed by atoms with van der Waals surface area (Å²) in [6.45, 7) is 0.435. The number of aliphatic hydroxyl groups excluding tert-OH is 1. The average Bonchev–Trinajstić information content (AvgIpc) is 2.96. The van der Waals surface area contributed by atoms with E-state index in [0.29, 0.717) is 18.3 Å². The van der Waals surface area contributed by atoms with E-state index in [-0.39, 0.29) is 12.5 Å². The third-order valence-corrected chi connectivity index (χ3v) is 2.93. The van der Waals surface area contributed by atoms with Crippen molar-refractivity contribution in [1.82, 2.24) is 9.88 Å². The number of halogens is 1. The van der Waals surface area contributed by atoms with Gasteiger partial charge < -0.3 is 15.0 Å². The van der Waals surface area contributed by atoms with Crippen LogP contribution in [0.25, 0.3) is 0 Å². The summed E-state index contributed by atoms with van der Waals surface area (Å²) in [7, 11) is 0. The molecule has 5 heteroatoms. The van der Waals surface area contributed by atoms with Gasteiger partial charge in [0.2, 0.25) is 0 Å². The lowest BCUT2D eigenvalue weighted by Crippen LogP contribution is -2.35. The molecule has 2 rings (SSSR count). The minimum absolute atomic E-state index is 0.0180. The van der Waals surface area contributed by atoms with Crippen LogP contribution in [0.3, 0.4) is 0 Å². The van der Waals surface area contributed by atoms with E-state index in [0.717, 1.165) is 17.3 Å². The highest BCUT2D eigenvalue weighted by atomic mass is 79.9. The van der Waals surface area contributed by atoms with Gasteiger partial charge in [0.15, 0.2) is 0 Å². The highest BCUT2D eigenvalue weighted by Crippen LogP contribution is 2.28. The lowest BCUT2D eigenvalue weighted by atomic mass is 10.3. The molecule has 1 amide bonds. The van der Waals surface area contributed by atoms with Gasteiger partial charge in [-0.05, 0) is 34.8 Å². The Morgan fingerprint density at radius 2 is 2.40 bits per heavy atom. The Balaban J connectivity index is 2.10. The van der Waals surface area contributed by atoms with Crippen molar-refractivity contribution in [3.05, 3.63) is 22.4 Å². The number of nitrogens with one attached hydrogen (secondary N) is 1. The average molecular weight is 273 g/mol. The van der Waals surface area contributed by atoms with Gasteiger partial charge in [0.25, 0.3) is 5.91 Å². The monoisotopic (exact) mass is 272 g/mol. The normalized spacial score (nSPS) is 15.3. The summed E-state index contributed by atoms with van der Waals surface area (Å²) in [6, 6.07) is 2.08. The largest absolute Gasteiger partial charge is 0.395 e. The molecule has 0 aromatic carbocycles. The van der Waals surface area contributed by atoms with Crippen LogP contribution in [0.4, 0.5) is 0 Å². The molecule has 1 aromatic heterocycles. The third-order valence-electron chi connectivity index (χ3n) is 2.47. The van der Waals surface area contributed by atoms with Gasteiger partial charge in [-0.1, -0.05) is 0 Å². The first kappa shape index (κ1) is 10.7. The summed E-state index contributed by atoms with van der Waals surface area (Å²) in [5.41, 5.74) is 0.572. The lowest BCUT2D eigenvalue weighted by molar-refractivity contribution is 0.0702. The van der Waals surface area contributed by atoms with E-state index in [1.807, 2.05) is 0 Å². The van der Waals surface area contributed by atoms with Crippen molar-refractivity contribution in [2.75, 3.05) is 13.2 Å². The van der Waals surface area contributed by atoms with Crippen molar-refractivity contribution in [3.8, 4) is 0 Å². The maximum absolute atomic E-state index is 12.0. The van der Waals surface area contributed by atoms with Crippen LogP contribution in [-0.2, 0) is 0 Å². The van der Waals surface area contributed by atoms with Gasteiger partial charge in [-0.3, -0.25) is 4.79 Å². The lowest BCUT2D eigenvalue weighted by Gasteiger charge is -2.20. The molecular formula is C10H13BrN2O2. The van der Waals surface area contributed by atoms with E-state index in [9.17, 15) is 4.79 Å². The number of aliphatic hydroxyl groups is 1. The highest BCUT2D eigenvalue weighted by molar-refractivity contribution is 9.10. The number of carbonyl (C=O) groups is 1. The Hall–Kier alpha value is -0.810. The molecule has 0 radical (unpaired) electrons. The number of aromatic amines is 1. The van der Waals surface area contributed by atoms with E-state index in [4.69, 9.17) is 5.11 Å². The summed E-state index contributed by atoms with van der Waals surface area (Å²) >= 11 is 3.29. The Morgan fingerprint density at radius 3 is 2.87 bits per heavy atom. The van der Waals surface area contributed by atoms with Crippen LogP contribution in [0.2, 0.25) is 0 Å². The van der Waals surface area contributed by atoms with Gasteiger partial charge >= 0.3 is 0 Å². The zero-order valence-electron chi connectivity index (χ0n) is 8.24. The third kappa shape index (κ3) is 2.41. The number of amides is 1. The topological polar surface area (TPSA) is 56.3 Å². The number of aromatic nitrogens is 1. The number of rotatable bonds is 4. The van der Waals surface area contributed by atoms with Crippen LogP contribution >= 0.6 is 15.9 Å². The maximum Gasteiger partial charge on any atom is 0.270 e. The molecule has 82 valence electrons. The molecule has 1 fully saturated rings. The second-order valence-electron chi connectivity index (χ2n) is 3.68. The fourth-order valence-electron chi connectivity index (χ4n) is 1.59. The van der Waals surface area contributed by atoms with Crippen molar-refractivity contribution < 1.29 is 9.90 Å². The Bertz CT molecular complexity index is 360. The fraction of sp³-hybridized carbons (Fsp3) is 0.500. The first-order chi connectivity index (χ1) is 7.22. The van der Waals surface area contributed by atoms with E-state index in [1.165, 1.54) is 0 Å². The number of hydrogen-bond donors (Lipinski definition) is 2. The van der Waals surface area contributed by atoms with Crippen LogP contribution < -0.4 is 0 Å². The van der Waals surface area contributed by atoms with Gasteiger partial charge in [0, 0.05) is 23.3 Å². The van der Waals surface area contributed by atoms with E-state index in [2.05, 4.69) is 20.9 Å². The number of nitrogens with zero attached hydrogens (tertiary/aromatic N) is 1. The van der Waals surface area contributed by atoms with Crippen LogP contribution in [-0.4, -0.2) is 40.1 Å². The molecule has 0 spiro atoms. The predicted molar refractivity (Wildman–Crippen MR) is 59.6 cm³/mol. The maximum atomic E-state index is 12.0. The summed E-state index contributed by atoms with van der Waals surface area (Å²) in [6.07, 6.45) is 3.83. The molecule has 1 aromatic rings. The highest BCUT2D eigenvalue weighted by Gasteiger charge is 2.32. The van der Waals surface area contributed by atoms with Crippen LogP contribution in [0.15, 0.2) is 16.7 Å². The number of H-pyrrole nitrogens is 1. The molecule has 1 aliphatic carbocycles. The molecule has 0 bridgehead atoms. The minimum atomic E-state index is -0.0303. The molecule has 1 saturated carbocycles. The van der Waals surface area contributed by atoms with Crippen molar-refractivity contribution in [1.29, 1.82) is 0 Å². The second-order valence-corrected chi connectivity index (χ2v) is 4.60. The zero-order chi connectivity index (χ0) is 10.8. The first-order valence-electron chi connectivity index (χ1n) is 4.98. The minimum Gasteiger partial charge on any atom is -0.395 e. The Morgan fingerprint density at radius 1 is 1.67 bits per heavy atom. The molecule has 15 heavy (non-hydrogen) atoms. The summed E-state index contributed by atoms with van der Waals surface area (Å²) in [5.74, 6) is -0.0303. The number of carbonyl (C=O) groups excluding carboxylic acids is 1. The first-order valence-corrected chi connectivity index (χ1v) is 5.77. The van der Waals surface area contributed by atoms with Gasteiger partial charge in [0.05, 0.1) is 6.61 Å². The van der Waals surface area contributed by atoms with Crippen molar-refractivity contribution in [2.24, 2.45) is 0 Å². The summed E-state index contributed by atoms with van der Waals surface area (Å²) < 4.78 is 0.866. The van der Waals surface area contributed by atoms with Gasteiger partial charge in [-0.25, -0.2) is 0 Å². The Kier molecular flexibility index (Phi) is 3.11. The zero-order valence-corrected chi connectivity index (χ0v) is 9.83.